The fraction of sp³-hybridized carbons (Fsp3) is 0.273. The third-order valence-electron chi connectivity index (χ3n) is 2.08. The molecule has 1 aromatic heterocycles. The Morgan fingerprint density at radius 2 is 2.29 bits per heavy atom. The molecule has 0 saturated heterocycles. The maximum Gasteiger partial charge on any atom is 0.229 e. The van der Waals surface area contributed by atoms with Crippen molar-refractivity contribution in [3.63, 3.8) is 0 Å². The Balaban J connectivity index is 2.45. The van der Waals surface area contributed by atoms with Gasteiger partial charge in [-0.25, -0.2) is 4.98 Å². The molecule has 2 rings (SSSR count). The molecule has 0 aromatic carbocycles. The lowest BCUT2D eigenvalue weighted by Crippen LogP contribution is -2.02. The zero-order valence-electron chi connectivity index (χ0n) is 8.37. The predicted octanol–water partition coefficient (Wildman–Crippen LogP) is 2.21. The van der Waals surface area contributed by atoms with E-state index in [1.165, 1.54) is 0 Å². The van der Waals surface area contributed by atoms with Gasteiger partial charge >= 0.3 is 0 Å². The van der Waals surface area contributed by atoms with E-state index in [0.717, 1.165) is 16.8 Å². The molecule has 0 bridgehead atoms. The average Bonchev–Trinajstić information content (AvgIpc) is 2.44. The molecule has 72 valence electrons. The van der Waals surface area contributed by atoms with Crippen LogP contribution in [0.25, 0.3) is 5.57 Å². The summed E-state index contributed by atoms with van der Waals surface area (Å²) in [5.74, 6) is 1.22. The van der Waals surface area contributed by atoms with Gasteiger partial charge in [0.05, 0.1) is 0 Å². The van der Waals surface area contributed by atoms with E-state index in [4.69, 9.17) is 4.74 Å². The second kappa shape index (κ2) is 3.25. The van der Waals surface area contributed by atoms with Gasteiger partial charge in [-0.05, 0) is 26.0 Å². The van der Waals surface area contributed by atoms with E-state index >= 15 is 0 Å². The van der Waals surface area contributed by atoms with Crippen molar-refractivity contribution in [2.75, 3.05) is 6.54 Å². The van der Waals surface area contributed by atoms with Crippen molar-refractivity contribution in [2.24, 2.45) is 4.99 Å². The van der Waals surface area contributed by atoms with Crippen LogP contribution in [0.5, 0.6) is 5.88 Å². The molecule has 3 heteroatoms. The first kappa shape index (κ1) is 8.94. The van der Waals surface area contributed by atoms with Crippen LogP contribution in [0.2, 0.25) is 0 Å². The lowest BCUT2D eigenvalue weighted by molar-refractivity contribution is 0.542. The fourth-order valence-electron chi connectivity index (χ4n) is 1.38. The lowest BCUT2D eigenvalue weighted by atomic mass is 10.1. The molecule has 1 aliphatic heterocycles. The lowest BCUT2D eigenvalue weighted by Gasteiger charge is -1.96. The van der Waals surface area contributed by atoms with E-state index in [0.29, 0.717) is 18.3 Å². The van der Waals surface area contributed by atoms with Crippen LogP contribution >= 0.6 is 0 Å². The Kier molecular flexibility index (Phi) is 2.08. The van der Waals surface area contributed by atoms with Crippen LogP contribution in [-0.4, -0.2) is 17.4 Å². The number of nitrogens with zero attached hydrogens (tertiary/aromatic N) is 2. The van der Waals surface area contributed by atoms with Crippen LogP contribution in [0.4, 0.5) is 0 Å². The Morgan fingerprint density at radius 1 is 1.50 bits per heavy atom. The largest absolute Gasteiger partial charge is 0.420 e. The van der Waals surface area contributed by atoms with Crippen LogP contribution in [0.1, 0.15) is 18.2 Å². The smallest absolute Gasteiger partial charge is 0.229 e. The van der Waals surface area contributed by atoms with Crippen molar-refractivity contribution in [3.05, 3.63) is 30.0 Å². The van der Waals surface area contributed by atoms with Gasteiger partial charge in [0.1, 0.15) is 0 Å². The summed E-state index contributed by atoms with van der Waals surface area (Å²) in [5.41, 5.74) is 2.71. The van der Waals surface area contributed by atoms with Crippen LogP contribution in [0.15, 0.2) is 23.7 Å². The molecule has 0 aliphatic carbocycles. The topological polar surface area (TPSA) is 34.5 Å². The maximum atomic E-state index is 5.48. The SMILES string of the molecule is C=C1/C(=N\CC)Oc2nc(C)ccc21. The van der Waals surface area contributed by atoms with Crippen LogP contribution in [-0.2, 0) is 0 Å². The molecule has 14 heavy (non-hydrogen) atoms. The number of rotatable bonds is 1. The van der Waals surface area contributed by atoms with E-state index in [-0.39, 0.29) is 0 Å². The highest BCUT2D eigenvalue weighted by atomic mass is 16.5. The first-order valence-electron chi connectivity index (χ1n) is 4.62. The molecule has 0 radical (unpaired) electrons. The van der Waals surface area contributed by atoms with Crippen molar-refractivity contribution < 1.29 is 4.74 Å². The summed E-state index contributed by atoms with van der Waals surface area (Å²) in [4.78, 5) is 8.48. The quantitative estimate of drug-likeness (QED) is 0.677. The minimum atomic E-state index is 0.598. The van der Waals surface area contributed by atoms with Crippen molar-refractivity contribution in [2.45, 2.75) is 13.8 Å². The minimum Gasteiger partial charge on any atom is -0.420 e. The summed E-state index contributed by atoms with van der Waals surface area (Å²) in [6, 6.07) is 3.92. The molecule has 0 N–H and O–H groups in total. The van der Waals surface area contributed by atoms with Crippen molar-refractivity contribution in [1.82, 2.24) is 4.98 Å². The summed E-state index contributed by atoms with van der Waals surface area (Å²) >= 11 is 0. The fourth-order valence-corrected chi connectivity index (χ4v) is 1.38. The van der Waals surface area contributed by atoms with Gasteiger partial charge in [-0.3, -0.25) is 4.99 Å². The van der Waals surface area contributed by atoms with Crippen molar-refractivity contribution >= 4 is 11.5 Å². The standard InChI is InChI=1S/C11H12N2O/c1-4-12-10-8(3)9-6-5-7(2)13-11(9)14-10/h5-6H,3-4H2,1-2H3/b12-10+. The number of aromatic nitrogens is 1. The molecule has 0 amide bonds. The van der Waals surface area contributed by atoms with E-state index in [9.17, 15) is 0 Å². The van der Waals surface area contributed by atoms with Crippen molar-refractivity contribution in [3.8, 4) is 5.88 Å². The highest BCUT2D eigenvalue weighted by Crippen LogP contribution is 2.31. The Hall–Kier alpha value is -1.64. The number of hydrogen-bond donors (Lipinski definition) is 0. The van der Waals surface area contributed by atoms with E-state index < -0.39 is 0 Å². The van der Waals surface area contributed by atoms with Gasteiger partial charge < -0.3 is 4.74 Å². The molecule has 0 unspecified atom stereocenters. The van der Waals surface area contributed by atoms with Gasteiger partial charge in [0.15, 0.2) is 0 Å². The summed E-state index contributed by atoms with van der Waals surface area (Å²) in [7, 11) is 0. The highest BCUT2D eigenvalue weighted by Gasteiger charge is 2.24. The third kappa shape index (κ3) is 1.31. The van der Waals surface area contributed by atoms with Gasteiger partial charge in [-0.1, -0.05) is 6.58 Å². The molecule has 0 spiro atoms. The van der Waals surface area contributed by atoms with Gasteiger partial charge in [-0.2, -0.15) is 0 Å². The molecule has 0 saturated carbocycles. The number of pyridine rings is 1. The Bertz CT molecular complexity index is 421. The van der Waals surface area contributed by atoms with Crippen LogP contribution in [0, 0.1) is 6.92 Å². The molecule has 2 heterocycles. The zero-order chi connectivity index (χ0) is 10.1. The summed E-state index contributed by atoms with van der Waals surface area (Å²) in [5, 5.41) is 0. The predicted molar refractivity (Wildman–Crippen MR) is 56.6 cm³/mol. The van der Waals surface area contributed by atoms with Gasteiger partial charge in [0, 0.05) is 23.4 Å². The van der Waals surface area contributed by atoms with E-state index in [1.807, 2.05) is 26.0 Å². The molecular weight excluding hydrogens is 176 g/mol. The summed E-state index contributed by atoms with van der Waals surface area (Å²) in [6.45, 7) is 8.52. The normalized spacial score (nSPS) is 17.0. The summed E-state index contributed by atoms with van der Waals surface area (Å²) < 4.78 is 5.48. The zero-order valence-corrected chi connectivity index (χ0v) is 8.37. The first-order valence-corrected chi connectivity index (χ1v) is 4.62. The van der Waals surface area contributed by atoms with Crippen molar-refractivity contribution in [1.29, 1.82) is 0 Å². The van der Waals surface area contributed by atoms with E-state index in [2.05, 4.69) is 16.6 Å². The monoisotopic (exact) mass is 188 g/mol. The Labute approximate surface area is 83.2 Å². The second-order valence-corrected chi connectivity index (χ2v) is 3.17. The van der Waals surface area contributed by atoms with Gasteiger partial charge in [0.2, 0.25) is 11.8 Å². The second-order valence-electron chi connectivity index (χ2n) is 3.17. The average molecular weight is 188 g/mol. The minimum absolute atomic E-state index is 0.598. The number of aliphatic imine (C=N–C) groups is 1. The molecule has 1 aromatic rings. The summed E-state index contributed by atoms with van der Waals surface area (Å²) in [6.07, 6.45) is 0. The van der Waals surface area contributed by atoms with Crippen LogP contribution in [0.3, 0.4) is 0 Å². The molecule has 0 fully saturated rings. The molecular formula is C11H12N2O. The Morgan fingerprint density at radius 3 is 3.00 bits per heavy atom. The maximum absolute atomic E-state index is 5.48. The number of fused-ring (bicyclic) bond motifs is 1. The van der Waals surface area contributed by atoms with Gasteiger partial charge in [0.25, 0.3) is 0 Å². The third-order valence-corrected chi connectivity index (χ3v) is 2.08. The number of ether oxygens (including phenoxy) is 1. The first-order chi connectivity index (χ1) is 6.72. The van der Waals surface area contributed by atoms with Crippen LogP contribution < -0.4 is 4.74 Å². The molecule has 3 nitrogen and oxygen atoms in total. The molecule has 0 atom stereocenters. The van der Waals surface area contributed by atoms with Gasteiger partial charge in [-0.15, -0.1) is 0 Å². The number of hydrogen-bond acceptors (Lipinski definition) is 3. The highest BCUT2D eigenvalue weighted by molar-refractivity contribution is 6.23. The molecule has 1 aliphatic rings. The van der Waals surface area contributed by atoms with E-state index in [1.54, 1.807) is 0 Å². The number of aryl methyl sites for hydroxylation is 1.